The monoisotopic (exact) mass is 381 g/mol. The largest absolute Gasteiger partial charge is 0.340 e. The summed E-state index contributed by atoms with van der Waals surface area (Å²) in [5.41, 5.74) is 6.66. The van der Waals surface area contributed by atoms with Crippen LogP contribution in [0.1, 0.15) is 5.56 Å². The lowest BCUT2D eigenvalue weighted by molar-refractivity contribution is -0.660. The third-order valence-electron chi connectivity index (χ3n) is 5.86. The van der Waals surface area contributed by atoms with Crippen LogP contribution in [0, 0.1) is 12.7 Å². The fraction of sp³-hybridized carbons (Fsp3) is 0.115. The molecule has 0 bridgehead atoms. The van der Waals surface area contributed by atoms with Crippen LogP contribution in [0.15, 0.2) is 79.0 Å². The summed E-state index contributed by atoms with van der Waals surface area (Å²) in [4.78, 5) is 0. The highest BCUT2D eigenvalue weighted by molar-refractivity contribution is 6.13. The summed E-state index contributed by atoms with van der Waals surface area (Å²) in [6.45, 7) is 2.12. The quantitative estimate of drug-likeness (QED) is 0.335. The normalized spacial score (nSPS) is 11.4. The highest BCUT2D eigenvalue weighted by atomic mass is 19.1. The summed E-state index contributed by atoms with van der Waals surface area (Å²) in [6, 6.07) is 24.1. The molecule has 142 valence electrons. The molecule has 2 heterocycles. The van der Waals surface area contributed by atoms with E-state index in [2.05, 4.69) is 29.7 Å². The smallest absolute Gasteiger partial charge is 0.214 e. The molecule has 0 aliphatic carbocycles. The Kier molecular flexibility index (Phi) is 3.99. The van der Waals surface area contributed by atoms with E-state index in [0.717, 1.165) is 33.1 Å². The first-order valence-corrected chi connectivity index (χ1v) is 9.78. The summed E-state index contributed by atoms with van der Waals surface area (Å²) in [5, 5.41) is 2.02. The summed E-state index contributed by atoms with van der Waals surface area (Å²) < 4.78 is 19.9. The van der Waals surface area contributed by atoms with Crippen LogP contribution in [0.3, 0.4) is 0 Å². The lowest BCUT2D eigenvalue weighted by Gasteiger charge is -2.09. The molecule has 5 rings (SSSR count). The molecule has 0 saturated carbocycles. The molecule has 29 heavy (non-hydrogen) atoms. The van der Waals surface area contributed by atoms with Crippen molar-refractivity contribution in [2.45, 2.75) is 6.92 Å². The molecule has 0 radical (unpaired) electrons. The standard InChI is InChI=1S/C26H22FN2/c1-17-12-13-20-21-15-14-19(18-9-5-4-6-10-18)24(27)26(21)29(3)25(20)23(17)22-11-7-8-16-28(22)2/h4-16H,1-3H3/q+1. The van der Waals surface area contributed by atoms with Gasteiger partial charge in [-0.05, 0) is 24.1 Å². The maximum atomic E-state index is 15.7. The predicted octanol–water partition coefficient (Wildman–Crippen LogP) is 5.94. The molecule has 3 aromatic carbocycles. The third kappa shape index (κ3) is 2.58. The first-order chi connectivity index (χ1) is 14.1. The molecule has 0 amide bonds. The van der Waals surface area contributed by atoms with Crippen molar-refractivity contribution in [3.8, 4) is 22.4 Å². The topological polar surface area (TPSA) is 8.81 Å². The van der Waals surface area contributed by atoms with Crippen LogP contribution in [0.4, 0.5) is 4.39 Å². The summed E-state index contributed by atoms with van der Waals surface area (Å²) in [7, 11) is 4.01. The number of fused-ring (bicyclic) bond motifs is 3. The lowest BCUT2D eigenvalue weighted by atomic mass is 9.99. The SMILES string of the molecule is Cc1ccc2c3ccc(-c4ccccc4)c(F)c3n(C)c2c1-c1cccc[n+]1C. The van der Waals surface area contributed by atoms with Crippen molar-refractivity contribution in [2.75, 3.05) is 0 Å². The van der Waals surface area contributed by atoms with Crippen molar-refractivity contribution in [1.29, 1.82) is 0 Å². The van der Waals surface area contributed by atoms with E-state index in [9.17, 15) is 0 Å². The Morgan fingerprint density at radius 2 is 1.48 bits per heavy atom. The zero-order valence-electron chi connectivity index (χ0n) is 16.8. The second-order valence-electron chi connectivity index (χ2n) is 7.60. The van der Waals surface area contributed by atoms with Gasteiger partial charge in [-0.2, -0.15) is 0 Å². The minimum atomic E-state index is -0.173. The molecule has 0 atom stereocenters. The van der Waals surface area contributed by atoms with Crippen LogP contribution in [0.5, 0.6) is 0 Å². The molecule has 0 saturated heterocycles. The molecule has 0 fully saturated rings. The van der Waals surface area contributed by atoms with Gasteiger partial charge >= 0.3 is 0 Å². The third-order valence-corrected chi connectivity index (χ3v) is 5.86. The van der Waals surface area contributed by atoms with E-state index in [-0.39, 0.29) is 5.82 Å². The van der Waals surface area contributed by atoms with Gasteiger partial charge in [-0.25, -0.2) is 8.96 Å². The maximum absolute atomic E-state index is 15.7. The zero-order chi connectivity index (χ0) is 20.1. The number of aromatic nitrogens is 2. The molecule has 0 N–H and O–H groups in total. The molecule has 0 unspecified atom stereocenters. The van der Waals surface area contributed by atoms with E-state index in [1.165, 1.54) is 5.56 Å². The number of aryl methyl sites for hydroxylation is 3. The highest BCUT2D eigenvalue weighted by Crippen LogP contribution is 2.39. The van der Waals surface area contributed by atoms with Crippen molar-refractivity contribution in [1.82, 2.24) is 4.57 Å². The van der Waals surface area contributed by atoms with E-state index in [1.807, 2.05) is 79.5 Å². The van der Waals surface area contributed by atoms with Crippen molar-refractivity contribution >= 4 is 21.8 Å². The fourth-order valence-corrected chi connectivity index (χ4v) is 4.43. The molecule has 2 aromatic heterocycles. The predicted molar refractivity (Wildman–Crippen MR) is 117 cm³/mol. The van der Waals surface area contributed by atoms with Gasteiger partial charge in [-0.1, -0.05) is 54.6 Å². The summed E-state index contributed by atoms with van der Waals surface area (Å²) in [5.74, 6) is -0.173. The minimum absolute atomic E-state index is 0.173. The van der Waals surface area contributed by atoms with Crippen LogP contribution in [-0.4, -0.2) is 4.57 Å². The van der Waals surface area contributed by atoms with Gasteiger partial charge in [0.1, 0.15) is 7.05 Å². The van der Waals surface area contributed by atoms with Crippen molar-refractivity contribution in [3.63, 3.8) is 0 Å². The summed E-state index contributed by atoms with van der Waals surface area (Å²) >= 11 is 0. The van der Waals surface area contributed by atoms with Crippen LogP contribution in [0.25, 0.3) is 44.2 Å². The molecular weight excluding hydrogens is 359 g/mol. The van der Waals surface area contributed by atoms with Crippen molar-refractivity contribution < 1.29 is 8.96 Å². The van der Waals surface area contributed by atoms with Gasteiger partial charge in [0.2, 0.25) is 5.69 Å². The first-order valence-electron chi connectivity index (χ1n) is 9.78. The van der Waals surface area contributed by atoms with Gasteiger partial charge in [0.25, 0.3) is 0 Å². The highest BCUT2D eigenvalue weighted by Gasteiger charge is 2.22. The van der Waals surface area contributed by atoms with Crippen molar-refractivity contribution in [3.05, 3.63) is 90.4 Å². The van der Waals surface area contributed by atoms with Crippen molar-refractivity contribution in [2.24, 2.45) is 14.1 Å². The molecule has 0 aliphatic rings. The number of halogens is 1. The second kappa shape index (κ2) is 6.56. The van der Waals surface area contributed by atoms with Crippen LogP contribution >= 0.6 is 0 Å². The van der Waals surface area contributed by atoms with Gasteiger partial charge in [0.05, 0.1) is 16.6 Å². The average Bonchev–Trinajstić information content (AvgIpc) is 3.03. The lowest BCUT2D eigenvalue weighted by Crippen LogP contribution is -2.30. The van der Waals surface area contributed by atoms with Gasteiger partial charge in [0.15, 0.2) is 12.0 Å². The number of hydrogen-bond donors (Lipinski definition) is 0. The molecule has 0 spiro atoms. The van der Waals surface area contributed by atoms with E-state index >= 15 is 4.39 Å². The number of nitrogens with zero attached hydrogens (tertiary/aromatic N) is 2. The van der Waals surface area contributed by atoms with E-state index < -0.39 is 0 Å². The Hall–Kier alpha value is -3.46. The van der Waals surface area contributed by atoms with E-state index in [0.29, 0.717) is 11.1 Å². The number of hydrogen-bond acceptors (Lipinski definition) is 0. The van der Waals surface area contributed by atoms with Gasteiger partial charge in [-0.3, -0.25) is 0 Å². The molecule has 2 nitrogen and oxygen atoms in total. The summed E-state index contributed by atoms with van der Waals surface area (Å²) in [6.07, 6.45) is 2.05. The number of pyridine rings is 1. The minimum Gasteiger partial charge on any atom is -0.340 e. The average molecular weight is 381 g/mol. The van der Waals surface area contributed by atoms with E-state index in [4.69, 9.17) is 0 Å². The number of rotatable bonds is 2. The van der Waals surface area contributed by atoms with Gasteiger partial charge in [-0.15, -0.1) is 0 Å². The molecule has 0 aliphatic heterocycles. The Bertz CT molecular complexity index is 1380. The Balaban J connectivity index is 1.91. The van der Waals surface area contributed by atoms with Crippen LogP contribution in [0.2, 0.25) is 0 Å². The van der Waals surface area contributed by atoms with Gasteiger partial charge in [0, 0.05) is 35.5 Å². The fourth-order valence-electron chi connectivity index (χ4n) is 4.43. The first kappa shape index (κ1) is 17.6. The Morgan fingerprint density at radius 3 is 2.24 bits per heavy atom. The Morgan fingerprint density at radius 1 is 0.793 bits per heavy atom. The van der Waals surface area contributed by atoms with Crippen LogP contribution in [-0.2, 0) is 14.1 Å². The molecule has 5 aromatic rings. The Labute approximate surface area is 169 Å². The van der Waals surface area contributed by atoms with Gasteiger partial charge < -0.3 is 4.57 Å². The number of benzene rings is 3. The second-order valence-corrected chi connectivity index (χ2v) is 7.60. The molecular formula is C26H22FN2+. The zero-order valence-corrected chi connectivity index (χ0v) is 16.8. The van der Waals surface area contributed by atoms with Crippen LogP contribution < -0.4 is 4.57 Å². The maximum Gasteiger partial charge on any atom is 0.214 e. The molecule has 3 heteroatoms. The van der Waals surface area contributed by atoms with E-state index in [1.54, 1.807) is 0 Å².